The maximum atomic E-state index is 11.9. The Morgan fingerprint density at radius 1 is 1.40 bits per heavy atom. The van der Waals surface area contributed by atoms with E-state index in [0.29, 0.717) is 12.1 Å². The van der Waals surface area contributed by atoms with Gasteiger partial charge in [-0.15, -0.1) is 0 Å². The van der Waals surface area contributed by atoms with Crippen molar-refractivity contribution in [1.29, 1.82) is 0 Å². The summed E-state index contributed by atoms with van der Waals surface area (Å²) in [5, 5.41) is 3.42. The fourth-order valence-electron chi connectivity index (χ4n) is 2.41. The minimum absolute atomic E-state index is 0.154. The summed E-state index contributed by atoms with van der Waals surface area (Å²) in [6.45, 7) is 7.58. The topological polar surface area (TPSA) is 41.6 Å². The molecule has 0 aromatic heterocycles. The second-order valence-corrected chi connectivity index (χ2v) is 5.38. The Bertz CT molecular complexity index is 260. The highest BCUT2D eigenvalue weighted by Gasteiger charge is 2.41. The molecular formula is C11H20N2O2. The molecule has 0 aliphatic carbocycles. The van der Waals surface area contributed by atoms with E-state index in [0.717, 1.165) is 25.9 Å². The summed E-state index contributed by atoms with van der Waals surface area (Å²) in [6.07, 6.45) is 1.96. The summed E-state index contributed by atoms with van der Waals surface area (Å²) in [4.78, 5) is 13.8. The third kappa shape index (κ3) is 2.25. The molecule has 15 heavy (non-hydrogen) atoms. The van der Waals surface area contributed by atoms with E-state index in [1.54, 1.807) is 0 Å². The highest BCUT2D eigenvalue weighted by molar-refractivity contribution is 5.69. The number of fused-ring (bicyclic) bond motifs is 1. The third-order valence-corrected chi connectivity index (χ3v) is 3.02. The van der Waals surface area contributed by atoms with Crippen molar-refractivity contribution in [1.82, 2.24) is 10.2 Å². The smallest absolute Gasteiger partial charge is 0.410 e. The van der Waals surface area contributed by atoms with Crippen LogP contribution < -0.4 is 5.32 Å². The van der Waals surface area contributed by atoms with Gasteiger partial charge in [-0.05, 0) is 40.2 Å². The van der Waals surface area contributed by atoms with Gasteiger partial charge in [-0.1, -0.05) is 0 Å². The first-order chi connectivity index (χ1) is 6.97. The predicted molar refractivity (Wildman–Crippen MR) is 57.8 cm³/mol. The number of rotatable bonds is 0. The molecule has 1 amide bonds. The van der Waals surface area contributed by atoms with Gasteiger partial charge in [-0.25, -0.2) is 4.79 Å². The molecule has 0 radical (unpaired) electrons. The number of hydrogen-bond acceptors (Lipinski definition) is 3. The molecule has 0 unspecified atom stereocenters. The van der Waals surface area contributed by atoms with Crippen LogP contribution in [0.1, 0.15) is 33.6 Å². The molecule has 2 rings (SSSR count). The summed E-state index contributed by atoms with van der Waals surface area (Å²) >= 11 is 0. The minimum atomic E-state index is -0.388. The lowest BCUT2D eigenvalue weighted by Gasteiger charge is -2.27. The monoisotopic (exact) mass is 212 g/mol. The Labute approximate surface area is 91.0 Å². The molecule has 0 saturated carbocycles. The van der Waals surface area contributed by atoms with Gasteiger partial charge in [0.2, 0.25) is 0 Å². The maximum Gasteiger partial charge on any atom is 0.410 e. The quantitative estimate of drug-likeness (QED) is 0.659. The highest BCUT2D eigenvalue weighted by atomic mass is 16.6. The average molecular weight is 212 g/mol. The molecule has 2 saturated heterocycles. The molecule has 86 valence electrons. The van der Waals surface area contributed by atoms with Crippen LogP contribution in [0.25, 0.3) is 0 Å². The fourth-order valence-corrected chi connectivity index (χ4v) is 2.41. The van der Waals surface area contributed by atoms with Crippen molar-refractivity contribution in [2.45, 2.75) is 51.3 Å². The molecule has 0 aromatic rings. The van der Waals surface area contributed by atoms with Gasteiger partial charge in [0, 0.05) is 12.6 Å². The van der Waals surface area contributed by atoms with Crippen LogP contribution in [0.2, 0.25) is 0 Å². The standard InChI is InChI=1S/C11H20N2O2/c1-11(2,3)15-10(14)13-7-5-8-9(13)4-6-12-8/h8-9,12H,4-7H2,1-3H3/t8-,9-/m0/s1. The largest absolute Gasteiger partial charge is 0.444 e. The molecule has 0 spiro atoms. The summed E-state index contributed by atoms with van der Waals surface area (Å²) in [5.41, 5.74) is -0.388. The van der Waals surface area contributed by atoms with Crippen LogP contribution in [0, 0.1) is 0 Å². The molecule has 2 aliphatic rings. The van der Waals surface area contributed by atoms with Crippen LogP contribution in [-0.4, -0.2) is 41.8 Å². The number of carbonyl (C=O) groups excluding carboxylic acids is 1. The fraction of sp³-hybridized carbons (Fsp3) is 0.909. The molecule has 2 heterocycles. The first kappa shape index (κ1) is 10.7. The molecule has 1 N–H and O–H groups in total. The second-order valence-electron chi connectivity index (χ2n) is 5.38. The van der Waals surface area contributed by atoms with E-state index in [4.69, 9.17) is 4.74 Å². The Balaban J connectivity index is 1.96. The van der Waals surface area contributed by atoms with E-state index in [-0.39, 0.29) is 11.7 Å². The zero-order valence-corrected chi connectivity index (χ0v) is 9.75. The molecule has 2 aliphatic heterocycles. The first-order valence-electron chi connectivity index (χ1n) is 5.70. The van der Waals surface area contributed by atoms with Crippen LogP contribution in [0.15, 0.2) is 0 Å². The Hall–Kier alpha value is -0.770. The van der Waals surface area contributed by atoms with Gasteiger partial charge in [-0.3, -0.25) is 0 Å². The lowest BCUT2D eigenvalue weighted by molar-refractivity contribution is 0.0227. The van der Waals surface area contributed by atoms with Crippen LogP contribution >= 0.6 is 0 Å². The number of amides is 1. The van der Waals surface area contributed by atoms with Crippen LogP contribution in [0.3, 0.4) is 0 Å². The van der Waals surface area contributed by atoms with Crippen LogP contribution in [0.5, 0.6) is 0 Å². The van der Waals surface area contributed by atoms with E-state index >= 15 is 0 Å². The van der Waals surface area contributed by atoms with E-state index in [2.05, 4.69) is 5.32 Å². The Morgan fingerprint density at radius 2 is 2.13 bits per heavy atom. The molecule has 2 fully saturated rings. The lowest BCUT2D eigenvalue weighted by Crippen LogP contribution is -2.41. The Kier molecular flexibility index (Phi) is 2.63. The molecule has 0 aromatic carbocycles. The number of likely N-dealkylation sites (tertiary alicyclic amines) is 1. The minimum Gasteiger partial charge on any atom is -0.444 e. The zero-order valence-electron chi connectivity index (χ0n) is 9.75. The molecular weight excluding hydrogens is 192 g/mol. The average Bonchev–Trinajstić information content (AvgIpc) is 2.57. The van der Waals surface area contributed by atoms with Crippen LogP contribution in [-0.2, 0) is 4.74 Å². The second kappa shape index (κ2) is 3.67. The third-order valence-electron chi connectivity index (χ3n) is 3.02. The van der Waals surface area contributed by atoms with Crippen molar-refractivity contribution in [2.24, 2.45) is 0 Å². The summed E-state index contributed by atoms with van der Waals surface area (Å²) in [7, 11) is 0. The van der Waals surface area contributed by atoms with Crippen LogP contribution in [0.4, 0.5) is 4.79 Å². The van der Waals surface area contributed by atoms with Crippen molar-refractivity contribution in [3.8, 4) is 0 Å². The number of ether oxygens (including phenoxy) is 1. The normalized spacial score (nSPS) is 30.5. The predicted octanol–water partition coefficient (Wildman–Crippen LogP) is 1.36. The Morgan fingerprint density at radius 3 is 2.80 bits per heavy atom. The maximum absolute atomic E-state index is 11.9. The van der Waals surface area contributed by atoms with Crippen molar-refractivity contribution < 1.29 is 9.53 Å². The van der Waals surface area contributed by atoms with Crippen molar-refractivity contribution in [2.75, 3.05) is 13.1 Å². The summed E-state index contributed by atoms with van der Waals surface area (Å²) < 4.78 is 5.39. The zero-order chi connectivity index (χ0) is 11.1. The van der Waals surface area contributed by atoms with Gasteiger partial charge in [0.05, 0.1) is 6.04 Å². The summed E-state index contributed by atoms with van der Waals surface area (Å²) in [5.74, 6) is 0. The first-order valence-corrected chi connectivity index (χ1v) is 5.70. The number of hydrogen-bond donors (Lipinski definition) is 1. The van der Waals surface area contributed by atoms with Gasteiger partial charge in [0.1, 0.15) is 5.60 Å². The number of nitrogens with zero attached hydrogens (tertiary/aromatic N) is 1. The van der Waals surface area contributed by atoms with E-state index in [1.807, 2.05) is 25.7 Å². The number of carbonyl (C=O) groups is 1. The SMILES string of the molecule is CC(C)(C)OC(=O)N1CC[C@@H]2NCC[C@@H]21. The highest BCUT2D eigenvalue weighted by Crippen LogP contribution is 2.26. The van der Waals surface area contributed by atoms with Gasteiger partial charge in [0.25, 0.3) is 0 Å². The summed E-state index contributed by atoms with van der Waals surface area (Å²) in [6, 6.07) is 0.859. The van der Waals surface area contributed by atoms with E-state index in [1.165, 1.54) is 0 Å². The van der Waals surface area contributed by atoms with Gasteiger partial charge in [-0.2, -0.15) is 0 Å². The molecule has 2 atom stereocenters. The molecule has 4 heteroatoms. The van der Waals surface area contributed by atoms with Gasteiger partial charge in [0.15, 0.2) is 0 Å². The van der Waals surface area contributed by atoms with Gasteiger partial charge >= 0.3 is 6.09 Å². The lowest BCUT2D eigenvalue weighted by atomic mass is 10.1. The molecule has 4 nitrogen and oxygen atoms in total. The van der Waals surface area contributed by atoms with Crippen molar-refractivity contribution in [3.63, 3.8) is 0 Å². The van der Waals surface area contributed by atoms with Crippen molar-refractivity contribution in [3.05, 3.63) is 0 Å². The van der Waals surface area contributed by atoms with Gasteiger partial charge < -0.3 is 15.0 Å². The van der Waals surface area contributed by atoms with Crippen molar-refractivity contribution >= 4 is 6.09 Å². The number of nitrogens with one attached hydrogen (secondary N) is 1. The van der Waals surface area contributed by atoms with E-state index in [9.17, 15) is 4.79 Å². The molecule has 0 bridgehead atoms. The van der Waals surface area contributed by atoms with E-state index < -0.39 is 0 Å².